The van der Waals surface area contributed by atoms with Gasteiger partial charge in [0.05, 0.1) is 33.9 Å². The number of anilines is 1. The highest BCUT2D eigenvalue weighted by Crippen LogP contribution is 2.42. The standard InChI is InChI=1S/C17H12Cl3NO3S/c18-10-2-4-14-13(6-10)21(17(24)15(25-14)7-16(22)23)8-9-1-3-11(19)12(20)5-9/h1-6,15H,7-8H2,(H,22,23). The predicted octanol–water partition coefficient (Wildman–Crippen LogP) is 5.13. The topological polar surface area (TPSA) is 57.6 Å². The molecule has 0 bridgehead atoms. The molecule has 25 heavy (non-hydrogen) atoms. The molecule has 4 nitrogen and oxygen atoms in total. The highest BCUT2D eigenvalue weighted by Gasteiger charge is 2.35. The van der Waals surface area contributed by atoms with Crippen molar-refractivity contribution in [3.8, 4) is 0 Å². The molecule has 0 aromatic heterocycles. The number of halogens is 3. The second-order valence-electron chi connectivity index (χ2n) is 5.49. The average molecular weight is 417 g/mol. The molecule has 2 aromatic carbocycles. The van der Waals surface area contributed by atoms with E-state index in [4.69, 9.17) is 39.9 Å². The van der Waals surface area contributed by atoms with Gasteiger partial charge in [0.1, 0.15) is 0 Å². The Morgan fingerprint density at radius 2 is 1.88 bits per heavy atom. The van der Waals surface area contributed by atoms with Crippen LogP contribution in [0.1, 0.15) is 12.0 Å². The van der Waals surface area contributed by atoms with E-state index >= 15 is 0 Å². The molecule has 1 atom stereocenters. The van der Waals surface area contributed by atoms with Gasteiger partial charge in [-0.25, -0.2) is 0 Å². The van der Waals surface area contributed by atoms with Gasteiger partial charge in [-0.05, 0) is 35.9 Å². The van der Waals surface area contributed by atoms with Crippen LogP contribution in [0.4, 0.5) is 5.69 Å². The van der Waals surface area contributed by atoms with Gasteiger partial charge in [-0.1, -0.05) is 40.9 Å². The van der Waals surface area contributed by atoms with Gasteiger partial charge in [0.2, 0.25) is 5.91 Å². The lowest BCUT2D eigenvalue weighted by Crippen LogP contribution is -2.41. The van der Waals surface area contributed by atoms with E-state index in [1.54, 1.807) is 41.3 Å². The molecule has 1 unspecified atom stereocenters. The molecule has 0 saturated heterocycles. The van der Waals surface area contributed by atoms with E-state index in [2.05, 4.69) is 0 Å². The van der Waals surface area contributed by atoms with E-state index in [0.717, 1.165) is 10.5 Å². The summed E-state index contributed by atoms with van der Waals surface area (Å²) in [7, 11) is 0. The van der Waals surface area contributed by atoms with Crippen LogP contribution in [-0.2, 0) is 16.1 Å². The number of carboxylic acid groups (broad SMARTS) is 1. The number of fused-ring (bicyclic) bond motifs is 1. The number of nitrogens with zero attached hydrogens (tertiary/aromatic N) is 1. The summed E-state index contributed by atoms with van der Waals surface area (Å²) in [6.07, 6.45) is -0.247. The van der Waals surface area contributed by atoms with Crippen molar-refractivity contribution in [2.75, 3.05) is 4.90 Å². The van der Waals surface area contributed by atoms with Crippen molar-refractivity contribution in [3.05, 3.63) is 57.0 Å². The molecule has 1 amide bonds. The van der Waals surface area contributed by atoms with E-state index in [-0.39, 0.29) is 18.9 Å². The molecule has 2 aromatic rings. The molecule has 1 aliphatic rings. The largest absolute Gasteiger partial charge is 0.481 e. The van der Waals surface area contributed by atoms with E-state index in [1.165, 1.54) is 11.8 Å². The lowest BCUT2D eigenvalue weighted by molar-refractivity contribution is -0.138. The third-order valence-corrected chi connectivity index (χ3v) is 5.93. The maximum atomic E-state index is 12.8. The highest BCUT2D eigenvalue weighted by atomic mass is 35.5. The zero-order valence-electron chi connectivity index (χ0n) is 12.7. The molecule has 1 N–H and O–H groups in total. The lowest BCUT2D eigenvalue weighted by Gasteiger charge is -2.33. The fourth-order valence-electron chi connectivity index (χ4n) is 2.57. The van der Waals surface area contributed by atoms with Crippen molar-refractivity contribution in [1.29, 1.82) is 0 Å². The van der Waals surface area contributed by atoms with Gasteiger partial charge in [0.15, 0.2) is 0 Å². The summed E-state index contributed by atoms with van der Waals surface area (Å²) >= 11 is 19.3. The van der Waals surface area contributed by atoms with Gasteiger partial charge in [0.25, 0.3) is 0 Å². The Morgan fingerprint density at radius 1 is 1.12 bits per heavy atom. The Hall–Kier alpha value is -1.40. The van der Waals surface area contributed by atoms with Crippen LogP contribution in [0, 0.1) is 0 Å². The Labute approximate surface area is 163 Å². The van der Waals surface area contributed by atoms with E-state index < -0.39 is 11.2 Å². The first kappa shape index (κ1) is 18.4. The number of hydrogen-bond acceptors (Lipinski definition) is 3. The number of rotatable bonds is 4. The second-order valence-corrected chi connectivity index (χ2v) is 7.98. The molecule has 0 radical (unpaired) electrons. The first-order valence-electron chi connectivity index (χ1n) is 7.28. The maximum absolute atomic E-state index is 12.8. The minimum absolute atomic E-state index is 0.247. The van der Waals surface area contributed by atoms with Gasteiger partial charge in [-0.2, -0.15) is 0 Å². The summed E-state index contributed by atoms with van der Waals surface area (Å²) in [5.74, 6) is -1.29. The smallest absolute Gasteiger partial charge is 0.305 e. The molecule has 0 saturated carbocycles. The fraction of sp³-hybridized carbons (Fsp3) is 0.176. The van der Waals surface area contributed by atoms with Gasteiger partial charge in [-0.3, -0.25) is 9.59 Å². The Kier molecular flexibility index (Phi) is 5.49. The van der Waals surface area contributed by atoms with Gasteiger partial charge >= 0.3 is 5.97 Å². The second kappa shape index (κ2) is 7.46. The van der Waals surface area contributed by atoms with Crippen molar-refractivity contribution in [1.82, 2.24) is 0 Å². The first-order chi connectivity index (χ1) is 11.8. The van der Waals surface area contributed by atoms with Crippen LogP contribution >= 0.6 is 46.6 Å². The van der Waals surface area contributed by atoms with Crippen LogP contribution in [0.2, 0.25) is 15.1 Å². The number of amides is 1. The summed E-state index contributed by atoms with van der Waals surface area (Å²) in [5, 5.41) is 9.72. The minimum Gasteiger partial charge on any atom is -0.481 e. The zero-order valence-corrected chi connectivity index (χ0v) is 15.8. The highest BCUT2D eigenvalue weighted by molar-refractivity contribution is 8.01. The summed E-state index contributed by atoms with van der Waals surface area (Å²) in [4.78, 5) is 26.3. The molecular formula is C17H12Cl3NO3S. The SMILES string of the molecule is O=C(O)CC1Sc2ccc(Cl)cc2N(Cc2ccc(Cl)c(Cl)c2)C1=O. The molecule has 3 rings (SSSR count). The zero-order chi connectivity index (χ0) is 18.1. The number of thioether (sulfide) groups is 1. The first-order valence-corrected chi connectivity index (χ1v) is 9.30. The lowest BCUT2D eigenvalue weighted by atomic mass is 10.1. The molecule has 0 fully saturated rings. The van der Waals surface area contributed by atoms with Crippen LogP contribution in [0.25, 0.3) is 0 Å². The van der Waals surface area contributed by atoms with Crippen molar-refractivity contribution in [2.45, 2.75) is 23.1 Å². The number of carboxylic acids is 1. The van der Waals surface area contributed by atoms with E-state index in [9.17, 15) is 9.59 Å². The quantitative estimate of drug-likeness (QED) is 0.751. The number of hydrogen-bond donors (Lipinski definition) is 1. The van der Waals surface area contributed by atoms with Crippen LogP contribution in [0.15, 0.2) is 41.3 Å². The van der Waals surface area contributed by atoms with Gasteiger partial charge < -0.3 is 10.0 Å². The monoisotopic (exact) mass is 415 g/mol. The number of aliphatic carboxylic acids is 1. The number of carbonyl (C=O) groups excluding carboxylic acids is 1. The van der Waals surface area contributed by atoms with Crippen LogP contribution in [-0.4, -0.2) is 22.2 Å². The molecule has 130 valence electrons. The van der Waals surface area contributed by atoms with Crippen molar-refractivity contribution >= 4 is 64.1 Å². The van der Waals surface area contributed by atoms with Crippen LogP contribution in [0.3, 0.4) is 0 Å². The van der Waals surface area contributed by atoms with E-state index in [1.807, 2.05) is 0 Å². The maximum Gasteiger partial charge on any atom is 0.305 e. The molecule has 1 aliphatic heterocycles. The summed E-state index contributed by atoms with van der Waals surface area (Å²) in [6, 6.07) is 10.4. The summed E-state index contributed by atoms with van der Waals surface area (Å²) < 4.78 is 0. The summed E-state index contributed by atoms with van der Waals surface area (Å²) in [6.45, 7) is 0.250. The minimum atomic E-state index is -1.02. The summed E-state index contributed by atoms with van der Waals surface area (Å²) in [5.41, 5.74) is 1.45. The number of benzene rings is 2. The predicted molar refractivity (Wildman–Crippen MR) is 101 cm³/mol. The Bertz CT molecular complexity index is 859. The van der Waals surface area contributed by atoms with Crippen LogP contribution < -0.4 is 4.90 Å². The van der Waals surface area contributed by atoms with Gasteiger partial charge in [0, 0.05) is 9.92 Å². The van der Waals surface area contributed by atoms with E-state index in [0.29, 0.717) is 20.8 Å². The third kappa shape index (κ3) is 4.06. The number of carbonyl (C=O) groups is 2. The molecule has 0 aliphatic carbocycles. The molecule has 0 spiro atoms. The molecule has 1 heterocycles. The van der Waals surface area contributed by atoms with Crippen molar-refractivity contribution in [2.24, 2.45) is 0 Å². The van der Waals surface area contributed by atoms with Crippen LogP contribution in [0.5, 0.6) is 0 Å². The van der Waals surface area contributed by atoms with Crippen molar-refractivity contribution < 1.29 is 14.7 Å². The average Bonchev–Trinajstić information content (AvgIpc) is 2.55. The third-order valence-electron chi connectivity index (χ3n) is 3.71. The molecular weight excluding hydrogens is 405 g/mol. The van der Waals surface area contributed by atoms with Gasteiger partial charge in [-0.15, -0.1) is 11.8 Å². The Balaban J connectivity index is 1.99. The van der Waals surface area contributed by atoms with Crippen molar-refractivity contribution in [3.63, 3.8) is 0 Å². The normalized spacial score (nSPS) is 16.7. The fourth-order valence-corrected chi connectivity index (χ4v) is 4.25. The molecule has 8 heteroatoms. The Morgan fingerprint density at radius 3 is 2.56 bits per heavy atom.